The molecule has 1 rings (SSSR count). The second-order valence-electron chi connectivity index (χ2n) is 4.19. The van der Waals surface area contributed by atoms with Crippen molar-refractivity contribution in [2.75, 3.05) is 6.54 Å². The van der Waals surface area contributed by atoms with E-state index in [-0.39, 0.29) is 4.90 Å². The summed E-state index contributed by atoms with van der Waals surface area (Å²) >= 11 is 0. The highest BCUT2D eigenvalue weighted by atomic mass is 32.2. The van der Waals surface area contributed by atoms with E-state index in [2.05, 4.69) is 11.6 Å². The summed E-state index contributed by atoms with van der Waals surface area (Å²) in [7, 11) is -3.45. The van der Waals surface area contributed by atoms with E-state index in [1.807, 2.05) is 6.07 Å². The molecule has 0 atom stereocenters. The van der Waals surface area contributed by atoms with Gasteiger partial charge in [0.2, 0.25) is 10.0 Å². The van der Waals surface area contributed by atoms with Crippen LogP contribution < -0.4 is 4.72 Å². The predicted molar refractivity (Wildman–Crippen MR) is 70.6 cm³/mol. The third-order valence-electron chi connectivity index (χ3n) is 2.70. The van der Waals surface area contributed by atoms with Gasteiger partial charge in [-0.05, 0) is 37.1 Å². The average molecular weight is 266 g/mol. The van der Waals surface area contributed by atoms with Crippen LogP contribution >= 0.6 is 0 Å². The van der Waals surface area contributed by atoms with Gasteiger partial charge in [0.05, 0.1) is 16.5 Å². The molecule has 0 radical (unpaired) electrons. The monoisotopic (exact) mass is 266 g/mol. The van der Waals surface area contributed by atoms with Crippen molar-refractivity contribution in [1.82, 2.24) is 4.72 Å². The maximum Gasteiger partial charge on any atom is 0.240 e. The van der Waals surface area contributed by atoms with Crippen molar-refractivity contribution in [2.24, 2.45) is 0 Å². The molecule has 1 N–H and O–H groups in total. The van der Waals surface area contributed by atoms with Gasteiger partial charge in [-0.2, -0.15) is 5.26 Å². The molecule has 0 fully saturated rings. The molecule has 1 aromatic rings. The van der Waals surface area contributed by atoms with Gasteiger partial charge < -0.3 is 0 Å². The molecule has 1 aromatic carbocycles. The zero-order valence-electron chi connectivity index (χ0n) is 10.7. The molecule has 18 heavy (non-hydrogen) atoms. The Morgan fingerprint density at radius 1 is 1.33 bits per heavy atom. The van der Waals surface area contributed by atoms with Crippen LogP contribution in [0.25, 0.3) is 0 Å². The van der Waals surface area contributed by atoms with Gasteiger partial charge in [-0.15, -0.1) is 0 Å². The molecule has 0 saturated heterocycles. The number of nitriles is 1. The third-order valence-corrected chi connectivity index (χ3v) is 4.16. The highest BCUT2D eigenvalue weighted by molar-refractivity contribution is 7.89. The van der Waals surface area contributed by atoms with E-state index in [4.69, 9.17) is 5.26 Å². The Bertz CT molecular complexity index is 545. The minimum absolute atomic E-state index is 0.218. The second-order valence-corrected chi connectivity index (χ2v) is 5.96. The summed E-state index contributed by atoms with van der Waals surface area (Å²) in [6.45, 7) is 4.25. The van der Waals surface area contributed by atoms with Gasteiger partial charge in [-0.1, -0.05) is 19.8 Å². The topological polar surface area (TPSA) is 70.0 Å². The van der Waals surface area contributed by atoms with Crippen LogP contribution in [0.4, 0.5) is 0 Å². The first kappa shape index (κ1) is 14.7. The largest absolute Gasteiger partial charge is 0.240 e. The number of nitrogens with zero attached hydrogens (tertiary/aromatic N) is 1. The summed E-state index contributed by atoms with van der Waals surface area (Å²) in [5, 5.41) is 8.80. The minimum Gasteiger partial charge on any atom is -0.211 e. The molecule has 4 nitrogen and oxygen atoms in total. The summed E-state index contributed by atoms with van der Waals surface area (Å²) in [5.41, 5.74) is 1.17. The van der Waals surface area contributed by atoms with Crippen molar-refractivity contribution in [3.8, 4) is 6.07 Å². The van der Waals surface area contributed by atoms with Gasteiger partial charge in [-0.3, -0.25) is 0 Å². The smallest absolute Gasteiger partial charge is 0.211 e. The van der Waals surface area contributed by atoms with Crippen LogP contribution in [0.5, 0.6) is 0 Å². The van der Waals surface area contributed by atoms with Gasteiger partial charge >= 0.3 is 0 Å². The lowest BCUT2D eigenvalue weighted by molar-refractivity contribution is 0.576. The van der Waals surface area contributed by atoms with E-state index in [0.717, 1.165) is 19.3 Å². The maximum atomic E-state index is 12.0. The fourth-order valence-corrected chi connectivity index (χ4v) is 2.75. The molecule has 0 aromatic heterocycles. The highest BCUT2D eigenvalue weighted by Gasteiger charge is 2.14. The second kappa shape index (κ2) is 6.53. The lowest BCUT2D eigenvalue weighted by atomic mass is 10.1. The van der Waals surface area contributed by atoms with Crippen LogP contribution in [0.2, 0.25) is 0 Å². The molecule has 0 heterocycles. The number of aryl methyl sites for hydroxylation is 1. The van der Waals surface area contributed by atoms with Crippen molar-refractivity contribution in [3.05, 3.63) is 29.3 Å². The first-order valence-corrected chi connectivity index (χ1v) is 7.50. The maximum absolute atomic E-state index is 12.0. The molecule has 0 aliphatic heterocycles. The quantitative estimate of drug-likeness (QED) is 0.803. The van der Waals surface area contributed by atoms with Crippen molar-refractivity contribution in [1.29, 1.82) is 5.26 Å². The van der Waals surface area contributed by atoms with Gasteiger partial charge in [0, 0.05) is 6.54 Å². The Hall–Kier alpha value is -1.38. The fraction of sp³-hybridized carbons (Fsp3) is 0.462. The Morgan fingerprint density at radius 3 is 2.61 bits per heavy atom. The van der Waals surface area contributed by atoms with Crippen LogP contribution in [-0.2, 0) is 10.0 Å². The average Bonchev–Trinajstić information content (AvgIpc) is 2.34. The number of hydrogen-bond donors (Lipinski definition) is 1. The Balaban J connectivity index is 2.80. The summed E-state index contributed by atoms with van der Waals surface area (Å²) < 4.78 is 26.5. The van der Waals surface area contributed by atoms with E-state index >= 15 is 0 Å². The van der Waals surface area contributed by atoms with E-state index < -0.39 is 10.0 Å². The summed E-state index contributed by atoms with van der Waals surface area (Å²) in [6, 6.07) is 6.55. The number of sulfonamides is 1. The molecule has 5 heteroatoms. The fourth-order valence-electron chi connectivity index (χ4n) is 1.59. The summed E-state index contributed by atoms with van der Waals surface area (Å²) in [6.07, 6.45) is 2.90. The van der Waals surface area contributed by atoms with Crippen LogP contribution in [0.1, 0.15) is 37.3 Å². The van der Waals surface area contributed by atoms with E-state index in [1.54, 1.807) is 6.92 Å². The lowest BCUT2D eigenvalue weighted by Gasteiger charge is -2.07. The molecule has 98 valence electrons. The standard InChI is InChI=1S/C13H18N2O2S/c1-3-4-5-8-15-18(16,17)13-7-6-12(10-14)11(2)9-13/h6-7,9,15H,3-5,8H2,1-2H3. The summed E-state index contributed by atoms with van der Waals surface area (Å²) in [4.78, 5) is 0.218. The minimum atomic E-state index is -3.45. The van der Waals surface area contributed by atoms with Gasteiger partial charge in [0.15, 0.2) is 0 Å². The number of benzene rings is 1. The summed E-state index contributed by atoms with van der Waals surface area (Å²) in [5.74, 6) is 0. The Morgan fingerprint density at radius 2 is 2.06 bits per heavy atom. The number of hydrogen-bond acceptors (Lipinski definition) is 3. The molecular formula is C13H18N2O2S. The molecule has 0 aliphatic carbocycles. The number of unbranched alkanes of at least 4 members (excludes halogenated alkanes) is 2. The zero-order chi connectivity index (χ0) is 13.6. The van der Waals surface area contributed by atoms with Crippen LogP contribution in [0, 0.1) is 18.3 Å². The Kier molecular flexibility index (Phi) is 5.32. The van der Waals surface area contributed by atoms with Gasteiger partial charge in [-0.25, -0.2) is 13.1 Å². The van der Waals surface area contributed by atoms with Crippen LogP contribution in [0.3, 0.4) is 0 Å². The Labute approximate surface area is 109 Å². The molecule has 0 aliphatic rings. The first-order valence-electron chi connectivity index (χ1n) is 6.01. The van der Waals surface area contributed by atoms with Crippen molar-refractivity contribution in [3.63, 3.8) is 0 Å². The lowest BCUT2D eigenvalue weighted by Crippen LogP contribution is -2.24. The molecule has 0 saturated carbocycles. The number of rotatable bonds is 6. The van der Waals surface area contributed by atoms with Crippen molar-refractivity contribution >= 4 is 10.0 Å². The molecular weight excluding hydrogens is 248 g/mol. The zero-order valence-corrected chi connectivity index (χ0v) is 11.5. The van der Waals surface area contributed by atoms with E-state index in [1.165, 1.54) is 18.2 Å². The van der Waals surface area contributed by atoms with Crippen molar-refractivity contribution in [2.45, 2.75) is 38.0 Å². The number of nitrogens with one attached hydrogen (secondary N) is 1. The highest BCUT2D eigenvalue weighted by Crippen LogP contribution is 2.14. The SMILES string of the molecule is CCCCCNS(=O)(=O)c1ccc(C#N)c(C)c1. The van der Waals surface area contributed by atoms with Crippen LogP contribution in [-0.4, -0.2) is 15.0 Å². The van der Waals surface area contributed by atoms with Gasteiger partial charge in [0.1, 0.15) is 0 Å². The van der Waals surface area contributed by atoms with Crippen LogP contribution in [0.15, 0.2) is 23.1 Å². The molecule has 0 bridgehead atoms. The van der Waals surface area contributed by atoms with E-state index in [0.29, 0.717) is 17.7 Å². The molecule has 0 spiro atoms. The van der Waals surface area contributed by atoms with Crippen molar-refractivity contribution < 1.29 is 8.42 Å². The van der Waals surface area contributed by atoms with Gasteiger partial charge in [0.25, 0.3) is 0 Å². The molecule has 0 unspecified atom stereocenters. The first-order chi connectivity index (χ1) is 8.51. The van der Waals surface area contributed by atoms with E-state index in [9.17, 15) is 8.42 Å². The third kappa shape index (κ3) is 3.83. The normalized spacial score (nSPS) is 11.2. The molecule has 0 amide bonds. The predicted octanol–water partition coefficient (Wildman–Crippen LogP) is 2.34.